The number of unbranched alkanes of at least 4 members (excludes halogenated alkanes) is 2. The zero-order valence-electron chi connectivity index (χ0n) is 15.4. The molecular formula is C19H33N5. The molecule has 1 aliphatic heterocycles. The van der Waals surface area contributed by atoms with E-state index in [9.17, 15) is 0 Å². The predicted molar refractivity (Wildman–Crippen MR) is 103 cm³/mol. The van der Waals surface area contributed by atoms with Crippen LogP contribution in [-0.4, -0.2) is 37.6 Å². The highest BCUT2D eigenvalue weighted by atomic mass is 15.2. The summed E-state index contributed by atoms with van der Waals surface area (Å²) < 4.78 is 0. The highest BCUT2D eigenvalue weighted by Crippen LogP contribution is 2.17. The molecule has 24 heavy (non-hydrogen) atoms. The Morgan fingerprint density at radius 3 is 2.54 bits per heavy atom. The molecule has 0 bridgehead atoms. The van der Waals surface area contributed by atoms with E-state index in [2.05, 4.69) is 44.6 Å². The van der Waals surface area contributed by atoms with E-state index >= 15 is 0 Å². The van der Waals surface area contributed by atoms with Gasteiger partial charge in [0.2, 0.25) is 0 Å². The first kappa shape index (κ1) is 18.6. The zero-order chi connectivity index (χ0) is 17.0. The molecule has 2 heterocycles. The first-order chi connectivity index (χ1) is 11.8. The number of nitrogens with zero attached hydrogens (tertiary/aromatic N) is 3. The fourth-order valence-corrected chi connectivity index (χ4v) is 3.00. The van der Waals surface area contributed by atoms with E-state index in [4.69, 9.17) is 0 Å². The van der Waals surface area contributed by atoms with E-state index in [0.717, 1.165) is 38.0 Å². The molecule has 1 aromatic rings. The van der Waals surface area contributed by atoms with E-state index in [1.54, 1.807) is 0 Å². The standard InChI is InChI=1S/C19H33N5/c1-3-4-7-12-21-19(20-2)23-16-17-10-11-18(22-15-17)24-13-8-5-6-9-14-24/h10-11,15H,3-9,12-14,16H2,1-2H3,(H2,20,21,23). The Morgan fingerprint density at radius 2 is 1.92 bits per heavy atom. The summed E-state index contributed by atoms with van der Waals surface area (Å²) >= 11 is 0. The minimum absolute atomic E-state index is 0.751. The third kappa shape index (κ3) is 6.38. The van der Waals surface area contributed by atoms with Gasteiger partial charge in [-0.2, -0.15) is 0 Å². The second-order valence-electron chi connectivity index (χ2n) is 6.49. The van der Waals surface area contributed by atoms with Crippen LogP contribution in [0.15, 0.2) is 23.3 Å². The van der Waals surface area contributed by atoms with Crippen LogP contribution in [0.5, 0.6) is 0 Å². The lowest BCUT2D eigenvalue weighted by Gasteiger charge is -2.21. The van der Waals surface area contributed by atoms with Crippen LogP contribution in [0, 0.1) is 0 Å². The topological polar surface area (TPSA) is 52.6 Å². The molecule has 0 aromatic carbocycles. The first-order valence-corrected chi connectivity index (χ1v) is 9.48. The molecule has 0 spiro atoms. The Labute approximate surface area is 147 Å². The summed E-state index contributed by atoms with van der Waals surface area (Å²) in [4.78, 5) is 11.3. The van der Waals surface area contributed by atoms with E-state index in [0.29, 0.717) is 0 Å². The second kappa shape index (κ2) is 10.9. The molecule has 2 N–H and O–H groups in total. The van der Waals surface area contributed by atoms with Gasteiger partial charge in [0.15, 0.2) is 5.96 Å². The Kier molecular flexibility index (Phi) is 8.42. The maximum absolute atomic E-state index is 4.66. The van der Waals surface area contributed by atoms with Crippen molar-refractivity contribution in [2.75, 3.05) is 31.6 Å². The monoisotopic (exact) mass is 331 g/mol. The van der Waals surface area contributed by atoms with Crippen LogP contribution in [0.25, 0.3) is 0 Å². The van der Waals surface area contributed by atoms with E-state index in [1.807, 2.05) is 13.2 Å². The summed E-state index contributed by atoms with van der Waals surface area (Å²) in [5.41, 5.74) is 1.19. The molecule has 2 rings (SSSR count). The van der Waals surface area contributed by atoms with Crippen LogP contribution in [0.4, 0.5) is 5.82 Å². The molecule has 0 saturated carbocycles. The van der Waals surface area contributed by atoms with Gasteiger partial charge in [-0.1, -0.05) is 38.7 Å². The Morgan fingerprint density at radius 1 is 1.12 bits per heavy atom. The Balaban J connectivity index is 1.78. The molecule has 0 radical (unpaired) electrons. The van der Waals surface area contributed by atoms with Gasteiger partial charge in [0, 0.05) is 39.4 Å². The van der Waals surface area contributed by atoms with Crippen molar-refractivity contribution in [3.05, 3.63) is 23.9 Å². The minimum Gasteiger partial charge on any atom is -0.357 e. The predicted octanol–water partition coefficient (Wildman–Crippen LogP) is 3.32. The van der Waals surface area contributed by atoms with Crippen molar-refractivity contribution >= 4 is 11.8 Å². The molecule has 134 valence electrons. The summed E-state index contributed by atoms with van der Waals surface area (Å²) in [7, 11) is 1.82. The lowest BCUT2D eigenvalue weighted by Crippen LogP contribution is -2.37. The molecule has 0 aliphatic carbocycles. The number of hydrogen-bond acceptors (Lipinski definition) is 3. The van der Waals surface area contributed by atoms with Gasteiger partial charge in [-0.15, -0.1) is 0 Å². The number of aromatic nitrogens is 1. The van der Waals surface area contributed by atoms with Crippen LogP contribution < -0.4 is 15.5 Å². The SMILES string of the molecule is CCCCCNC(=NC)NCc1ccc(N2CCCCCC2)nc1. The lowest BCUT2D eigenvalue weighted by molar-refractivity contribution is 0.682. The summed E-state index contributed by atoms with van der Waals surface area (Å²) in [6.45, 7) is 6.22. The molecule has 0 unspecified atom stereocenters. The van der Waals surface area contributed by atoms with Crippen molar-refractivity contribution in [1.29, 1.82) is 0 Å². The summed E-state index contributed by atoms with van der Waals surface area (Å²) in [5.74, 6) is 1.98. The van der Waals surface area contributed by atoms with Crippen molar-refractivity contribution in [2.24, 2.45) is 4.99 Å². The van der Waals surface area contributed by atoms with Crippen LogP contribution in [-0.2, 0) is 6.54 Å². The molecule has 5 heteroatoms. The number of rotatable bonds is 7. The maximum Gasteiger partial charge on any atom is 0.191 e. The largest absolute Gasteiger partial charge is 0.357 e. The fourth-order valence-electron chi connectivity index (χ4n) is 3.00. The highest BCUT2D eigenvalue weighted by Gasteiger charge is 2.10. The molecule has 1 aromatic heterocycles. The number of guanidine groups is 1. The van der Waals surface area contributed by atoms with Gasteiger partial charge in [0.25, 0.3) is 0 Å². The van der Waals surface area contributed by atoms with E-state index < -0.39 is 0 Å². The summed E-state index contributed by atoms with van der Waals surface area (Å²) in [5, 5.41) is 6.71. The Bertz CT molecular complexity index is 475. The lowest BCUT2D eigenvalue weighted by atomic mass is 10.2. The number of nitrogens with one attached hydrogen (secondary N) is 2. The van der Waals surface area contributed by atoms with Crippen molar-refractivity contribution in [2.45, 2.75) is 58.4 Å². The molecule has 1 saturated heterocycles. The number of pyridine rings is 1. The van der Waals surface area contributed by atoms with Crippen LogP contribution in [0.1, 0.15) is 57.4 Å². The second-order valence-corrected chi connectivity index (χ2v) is 6.49. The molecule has 0 atom stereocenters. The molecule has 5 nitrogen and oxygen atoms in total. The van der Waals surface area contributed by atoms with Gasteiger partial charge in [-0.05, 0) is 30.9 Å². The molecule has 0 amide bonds. The van der Waals surface area contributed by atoms with Crippen LogP contribution in [0.2, 0.25) is 0 Å². The fraction of sp³-hybridized carbons (Fsp3) is 0.684. The third-order valence-corrected chi connectivity index (χ3v) is 4.50. The summed E-state index contributed by atoms with van der Waals surface area (Å²) in [6, 6.07) is 4.32. The maximum atomic E-state index is 4.66. The minimum atomic E-state index is 0.751. The van der Waals surface area contributed by atoms with Gasteiger partial charge in [-0.3, -0.25) is 4.99 Å². The van der Waals surface area contributed by atoms with E-state index in [1.165, 1.54) is 50.5 Å². The molecule has 1 aliphatic rings. The van der Waals surface area contributed by atoms with Gasteiger partial charge >= 0.3 is 0 Å². The van der Waals surface area contributed by atoms with Gasteiger partial charge in [0.05, 0.1) is 0 Å². The average Bonchev–Trinajstić information content (AvgIpc) is 2.91. The third-order valence-electron chi connectivity index (χ3n) is 4.50. The van der Waals surface area contributed by atoms with E-state index in [-0.39, 0.29) is 0 Å². The first-order valence-electron chi connectivity index (χ1n) is 9.48. The number of anilines is 1. The van der Waals surface area contributed by atoms with Crippen molar-refractivity contribution < 1.29 is 0 Å². The van der Waals surface area contributed by atoms with Gasteiger partial charge < -0.3 is 15.5 Å². The number of hydrogen-bond donors (Lipinski definition) is 2. The normalized spacial score (nSPS) is 15.9. The quantitative estimate of drug-likeness (QED) is 0.457. The highest BCUT2D eigenvalue weighted by molar-refractivity contribution is 5.79. The number of aliphatic imine (C=N–C) groups is 1. The van der Waals surface area contributed by atoms with Crippen molar-refractivity contribution in [3.8, 4) is 0 Å². The van der Waals surface area contributed by atoms with Crippen LogP contribution >= 0.6 is 0 Å². The Hall–Kier alpha value is -1.78. The smallest absolute Gasteiger partial charge is 0.191 e. The van der Waals surface area contributed by atoms with Gasteiger partial charge in [-0.25, -0.2) is 4.98 Å². The van der Waals surface area contributed by atoms with Crippen LogP contribution in [0.3, 0.4) is 0 Å². The van der Waals surface area contributed by atoms with Gasteiger partial charge in [0.1, 0.15) is 5.82 Å². The zero-order valence-corrected chi connectivity index (χ0v) is 15.4. The van der Waals surface area contributed by atoms with Crippen molar-refractivity contribution in [3.63, 3.8) is 0 Å². The average molecular weight is 332 g/mol. The molecule has 1 fully saturated rings. The van der Waals surface area contributed by atoms with Crippen molar-refractivity contribution in [1.82, 2.24) is 15.6 Å². The molecular weight excluding hydrogens is 298 g/mol. The summed E-state index contributed by atoms with van der Waals surface area (Å²) in [6.07, 6.45) is 10.9.